The number of hydrogen-bond donors (Lipinski definition) is 1. The first-order valence-corrected chi connectivity index (χ1v) is 8.87. The number of aromatic nitrogens is 3. The molecule has 1 amide bonds. The third-order valence-corrected chi connectivity index (χ3v) is 4.27. The molecule has 0 aliphatic carbocycles. The van der Waals surface area contributed by atoms with E-state index in [2.05, 4.69) is 15.5 Å². The quantitative estimate of drug-likeness (QED) is 0.724. The number of pyridine rings is 1. The van der Waals surface area contributed by atoms with Gasteiger partial charge in [0.1, 0.15) is 6.54 Å². The van der Waals surface area contributed by atoms with Gasteiger partial charge >= 0.3 is 0 Å². The Morgan fingerprint density at radius 1 is 1.26 bits per heavy atom. The molecular formula is C20H22N4O3. The zero-order valence-corrected chi connectivity index (χ0v) is 15.6. The van der Waals surface area contributed by atoms with E-state index in [0.717, 1.165) is 17.5 Å². The minimum Gasteiger partial charge on any atom is -0.352 e. The molecule has 0 spiro atoms. The summed E-state index contributed by atoms with van der Waals surface area (Å²) >= 11 is 0. The fourth-order valence-electron chi connectivity index (χ4n) is 2.60. The minimum atomic E-state index is -0.267. The number of hydrogen-bond acceptors (Lipinski definition) is 5. The van der Waals surface area contributed by atoms with Gasteiger partial charge in [0.05, 0.1) is 5.56 Å². The molecule has 1 aromatic carbocycles. The molecule has 0 radical (unpaired) electrons. The molecule has 140 valence electrons. The van der Waals surface area contributed by atoms with Crippen LogP contribution in [-0.4, -0.2) is 26.7 Å². The van der Waals surface area contributed by atoms with Gasteiger partial charge in [-0.25, -0.2) is 0 Å². The van der Waals surface area contributed by atoms with Crippen LogP contribution in [0.5, 0.6) is 0 Å². The van der Waals surface area contributed by atoms with Crippen molar-refractivity contribution in [3.05, 3.63) is 58.5 Å². The van der Waals surface area contributed by atoms with Crippen molar-refractivity contribution in [2.45, 2.75) is 39.8 Å². The Kier molecular flexibility index (Phi) is 5.49. The molecule has 2 heterocycles. The topological polar surface area (TPSA) is 90.0 Å². The molecule has 3 rings (SSSR count). The average molecular weight is 366 g/mol. The normalized spacial score (nSPS) is 12.0. The van der Waals surface area contributed by atoms with Crippen LogP contribution in [0.25, 0.3) is 22.8 Å². The second-order valence-corrected chi connectivity index (χ2v) is 6.55. The van der Waals surface area contributed by atoms with Gasteiger partial charge in [-0.15, -0.1) is 0 Å². The minimum absolute atomic E-state index is 0.0595. The maximum absolute atomic E-state index is 12.1. The van der Waals surface area contributed by atoms with E-state index < -0.39 is 0 Å². The summed E-state index contributed by atoms with van der Waals surface area (Å²) in [5, 5.41) is 6.86. The maximum Gasteiger partial charge on any atom is 0.259 e. The second kappa shape index (κ2) is 7.99. The van der Waals surface area contributed by atoms with Crippen LogP contribution in [0, 0.1) is 6.92 Å². The SMILES string of the molecule is CCC(C)NC(=O)Cn1cc(-c2nc(-c3cccc(C)c3)no2)ccc1=O. The summed E-state index contributed by atoms with van der Waals surface area (Å²) in [7, 11) is 0. The maximum atomic E-state index is 12.1. The number of rotatable bonds is 6. The van der Waals surface area contributed by atoms with Crippen molar-refractivity contribution in [3.63, 3.8) is 0 Å². The molecule has 0 saturated heterocycles. The molecule has 0 aliphatic heterocycles. The summed E-state index contributed by atoms with van der Waals surface area (Å²) in [6.07, 6.45) is 2.39. The lowest BCUT2D eigenvalue weighted by molar-refractivity contribution is -0.122. The van der Waals surface area contributed by atoms with E-state index in [4.69, 9.17) is 4.52 Å². The van der Waals surface area contributed by atoms with Crippen LogP contribution >= 0.6 is 0 Å². The van der Waals surface area contributed by atoms with Crippen molar-refractivity contribution in [2.24, 2.45) is 0 Å². The molecule has 0 saturated carbocycles. The molecule has 0 bridgehead atoms. The average Bonchev–Trinajstić information content (AvgIpc) is 3.13. The molecule has 7 heteroatoms. The van der Waals surface area contributed by atoms with E-state index >= 15 is 0 Å². The Morgan fingerprint density at radius 2 is 2.07 bits per heavy atom. The molecule has 1 N–H and O–H groups in total. The zero-order valence-electron chi connectivity index (χ0n) is 15.6. The van der Waals surface area contributed by atoms with Crippen molar-refractivity contribution >= 4 is 5.91 Å². The van der Waals surface area contributed by atoms with Gasteiger partial charge in [-0.2, -0.15) is 4.98 Å². The molecule has 1 atom stereocenters. The van der Waals surface area contributed by atoms with Gasteiger partial charge in [-0.1, -0.05) is 35.8 Å². The van der Waals surface area contributed by atoms with Crippen LogP contribution in [0.1, 0.15) is 25.8 Å². The monoisotopic (exact) mass is 366 g/mol. The predicted molar refractivity (Wildman–Crippen MR) is 102 cm³/mol. The smallest absolute Gasteiger partial charge is 0.259 e. The van der Waals surface area contributed by atoms with Crippen molar-refractivity contribution in [3.8, 4) is 22.8 Å². The van der Waals surface area contributed by atoms with Crippen LogP contribution in [-0.2, 0) is 11.3 Å². The standard InChI is InChI=1S/C20H22N4O3/c1-4-14(3)21-17(25)12-24-11-16(8-9-18(24)26)20-22-19(23-27-20)15-7-5-6-13(2)10-15/h5-11,14H,4,12H2,1-3H3,(H,21,25). The third kappa shape index (κ3) is 4.49. The van der Waals surface area contributed by atoms with Gasteiger partial charge in [-0.3, -0.25) is 9.59 Å². The Hall–Kier alpha value is -3.22. The van der Waals surface area contributed by atoms with Crippen molar-refractivity contribution in [2.75, 3.05) is 0 Å². The van der Waals surface area contributed by atoms with E-state index in [1.807, 2.05) is 45.0 Å². The highest BCUT2D eigenvalue weighted by Crippen LogP contribution is 2.22. The number of carbonyl (C=O) groups is 1. The Labute approximate surface area is 157 Å². The fourth-order valence-corrected chi connectivity index (χ4v) is 2.60. The third-order valence-electron chi connectivity index (χ3n) is 4.27. The van der Waals surface area contributed by atoms with Gasteiger partial charge in [0.25, 0.3) is 11.4 Å². The number of carbonyl (C=O) groups excluding carboxylic acids is 1. The molecule has 0 fully saturated rings. The molecule has 0 aliphatic rings. The molecule has 27 heavy (non-hydrogen) atoms. The first-order valence-electron chi connectivity index (χ1n) is 8.87. The molecular weight excluding hydrogens is 344 g/mol. The highest BCUT2D eigenvalue weighted by Gasteiger charge is 2.13. The van der Waals surface area contributed by atoms with Gasteiger partial charge in [0.15, 0.2) is 0 Å². The molecule has 7 nitrogen and oxygen atoms in total. The predicted octanol–water partition coefficient (Wildman–Crippen LogP) is 2.79. The van der Waals surface area contributed by atoms with Crippen molar-refractivity contribution in [1.29, 1.82) is 0 Å². The molecule has 1 unspecified atom stereocenters. The Balaban J connectivity index is 1.84. The van der Waals surface area contributed by atoms with Gasteiger partial charge in [-0.05, 0) is 32.4 Å². The zero-order chi connectivity index (χ0) is 19.4. The summed E-state index contributed by atoms with van der Waals surface area (Å²) in [5.74, 6) is 0.554. The van der Waals surface area contributed by atoms with Crippen molar-refractivity contribution in [1.82, 2.24) is 20.0 Å². The Morgan fingerprint density at radius 3 is 2.81 bits per heavy atom. The lowest BCUT2D eigenvalue weighted by atomic mass is 10.1. The number of aryl methyl sites for hydroxylation is 1. The first-order chi connectivity index (χ1) is 13.0. The highest BCUT2D eigenvalue weighted by molar-refractivity contribution is 5.76. The van der Waals surface area contributed by atoms with E-state index in [1.165, 1.54) is 10.6 Å². The highest BCUT2D eigenvalue weighted by atomic mass is 16.5. The number of amides is 1. The summed E-state index contributed by atoms with van der Waals surface area (Å²) in [6.45, 7) is 5.84. The lowest BCUT2D eigenvalue weighted by Crippen LogP contribution is -2.36. The van der Waals surface area contributed by atoms with Crippen LogP contribution in [0.4, 0.5) is 0 Å². The largest absolute Gasteiger partial charge is 0.352 e. The molecule has 3 aromatic rings. The van der Waals surface area contributed by atoms with E-state index in [1.54, 1.807) is 12.3 Å². The van der Waals surface area contributed by atoms with Crippen LogP contribution < -0.4 is 10.9 Å². The number of benzene rings is 1. The van der Waals surface area contributed by atoms with Gasteiger partial charge < -0.3 is 14.4 Å². The number of nitrogens with one attached hydrogen (secondary N) is 1. The van der Waals surface area contributed by atoms with Gasteiger partial charge in [0, 0.05) is 23.9 Å². The fraction of sp³-hybridized carbons (Fsp3) is 0.300. The summed E-state index contributed by atoms with van der Waals surface area (Å²) in [6, 6.07) is 10.9. The summed E-state index contributed by atoms with van der Waals surface area (Å²) in [4.78, 5) is 28.6. The molecule has 2 aromatic heterocycles. The summed E-state index contributed by atoms with van der Waals surface area (Å²) < 4.78 is 6.69. The summed E-state index contributed by atoms with van der Waals surface area (Å²) in [5.41, 5.74) is 2.26. The Bertz CT molecular complexity index is 1010. The van der Waals surface area contributed by atoms with E-state index in [0.29, 0.717) is 17.3 Å². The van der Waals surface area contributed by atoms with E-state index in [9.17, 15) is 9.59 Å². The lowest BCUT2D eigenvalue weighted by Gasteiger charge is -2.12. The van der Waals surface area contributed by atoms with E-state index in [-0.39, 0.29) is 24.1 Å². The second-order valence-electron chi connectivity index (χ2n) is 6.55. The first kappa shape index (κ1) is 18.6. The van der Waals surface area contributed by atoms with Crippen molar-refractivity contribution < 1.29 is 9.32 Å². The van der Waals surface area contributed by atoms with Crippen LogP contribution in [0.3, 0.4) is 0 Å². The van der Waals surface area contributed by atoms with Crippen LogP contribution in [0.2, 0.25) is 0 Å². The number of nitrogens with zero attached hydrogens (tertiary/aromatic N) is 3. The van der Waals surface area contributed by atoms with Gasteiger partial charge in [0.2, 0.25) is 11.7 Å². The van der Waals surface area contributed by atoms with Crippen LogP contribution in [0.15, 0.2) is 51.9 Å².